The highest BCUT2D eigenvalue weighted by molar-refractivity contribution is 7.98. The molecule has 0 aliphatic carbocycles. The number of hydrogen-bond donors (Lipinski definition) is 2. The molecule has 0 heterocycles. The maximum absolute atomic E-state index is 3.56. The summed E-state index contributed by atoms with van der Waals surface area (Å²) in [7, 11) is 0. The summed E-state index contributed by atoms with van der Waals surface area (Å²) in [5.41, 5.74) is 7.32. The Bertz CT molecular complexity index is 1050. The normalized spacial score (nSPS) is 11.2. The summed E-state index contributed by atoms with van der Waals surface area (Å²) < 4.78 is 0. The average molecular weight is 689 g/mol. The van der Waals surface area contributed by atoms with E-state index >= 15 is 0 Å². The topological polar surface area (TPSA) is 24.1 Å². The van der Waals surface area contributed by atoms with Crippen LogP contribution in [0.3, 0.4) is 0 Å². The Hall–Kier alpha value is -2.04. The third kappa shape index (κ3) is 19.8. The Labute approximate surface area is 304 Å². The number of unbranched alkanes of at least 4 members (excludes halogenated alkanes) is 18. The summed E-state index contributed by atoms with van der Waals surface area (Å²) in [6.45, 7) is 4.59. The minimum absolute atomic E-state index is 1.11. The quantitative estimate of drug-likeness (QED) is 0.0681. The monoisotopic (exact) mass is 688 g/mol. The van der Waals surface area contributed by atoms with Crippen molar-refractivity contribution in [2.24, 2.45) is 0 Å². The molecular formula is C44H68N2S2. The SMILES string of the molecule is CCCCCCCCCCCCSCc1ccc(Nc2ccc(Nc3ccc(CSCCCCCCCCCCCC)cc3)cc2)cc1. The van der Waals surface area contributed by atoms with Crippen molar-refractivity contribution in [2.75, 3.05) is 22.1 Å². The summed E-state index contributed by atoms with van der Waals surface area (Å²) in [4.78, 5) is 0. The van der Waals surface area contributed by atoms with Crippen molar-refractivity contribution in [1.82, 2.24) is 0 Å². The molecule has 3 aromatic carbocycles. The van der Waals surface area contributed by atoms with Gasteiger partial charge in [-0.15, -0.1) is 0 Å². The molecule has 0 fully saturated rings. The molecule has 0 radical (unpaired) electrons. The van der Waals surface area contributed by atoms with Crippen LogP contribution in [-0.4, -0.2) is 11.5 Å². The van der Waals surface area contributed by atoms with Crippen LogP contribution >= 0.6 is 23.5 Å². The van der Waals surface area contributed by atoms with E-state index in [2.05, 4.69) is 121 Å². The summed E-state index contributed by atoms with van der Waals surface area (Å²) in [6, 6.07) is 26.5. The molecule has 0 aliphatic rings. The summed E-state index contributed by atoms with van der Waals surface area (Å²) in [5, 5.41) is 7.11. The fourth-order valence-electron chi connectivity index (χ4n) is 6.10. The Morgan fingerprint density at radius 3 is 0.875 bits per heavy atom. The Balaban J connectivity index is 1.21. The maximum Gasteiger partial charge on any atom is 0.0385 e. The zero-order valence-corrected chi connectivity index (χ0v) is 32.3. The van der Waals surface area contributed by atoms with Gasteiger partial charge in [0.2, 0.25) is 0 Å². The van der Waals surface area contributed by atoms with Crippen LogP contribution in [0.1, 0.15) is 153 Å². The molecule has 0 saturated carbocycles. The first-order valence-electron chi connectivity index (χ1n) is 19.7. The smallest absolute Gasteiger partial charge is 0.0385 e. The lowest BCUT2D eigenvalue weighted by Gasteiger charge is -2.11. The summed E-state index contributed by atoms with van der Waals surface area (Å²) in [6.07, 6.45) is 28.2. The van der Waals surface area contributed by atoms with Crippen molar-refractivity contribution in [2.45, 2.75) is 154 Å². The van der Waals surface area contributed by atoms with Gasteiger partial charge in [0.1, 0.15) is 0 Å². The molecule has 0 atom stereocenters. The van der Waals surface area contributed by atoms with Gasteiger partial charge in [0.05, 0.1) is 0 Å². The number of benzene rings is 3. The first-order valence-corrected chi connectivity index (χ1v) is 22.0. The standard InChI is InChI=1S/C44H68N2S2/c1-3-5-7-9-11-13-15-17-19-21-35-47-37-39-23-27-41(28-24-39)45-43-31-33-44(34-32-43)46-42-29-25-40(26-30-42)38-48-36-22-20-18-16-14-12-10-8-6-4-2/h23-34,45-46H,3-22,35-38H2,1-2H3. The zero-order chi connectivity index (χ0) is 33.7. The van der Waals surface area contributed by atoms with E-state index in [4.69, 9.17) is 0 Å². The van der Waals surface area contributed by atoms with Gasteiger partial charge < -0.3 is 10.6 Å². The number of anilines is 4. The van der Waals surface area contributed by atoms with Crippen LogP contribution in [0.25, 0.3) is 0 Å². The zero-order valence-electron chi connectivity index (χ0n) is 30.7. The molecule has 2 nitrogen and oxygen atoms in total. The number of hydrogen-bond acceptors (Lipinski definition) is 4. The Morgan fingerprint density at radius 2 is 0.583 bits per heavy atom. The predicted octanol–water partition coefficient (Wildman–Crippen LogP) is 15.5. The predicted molar refractivity (Wildman–Crippen MR) is 222 cm³/mol. The lowest BCUT2D eigenvalue weighted by molar-refractivity contribution is 0.563. The van der Waals surface area contributed by atoms with Gasteiger partial charge in [-0.05, 0) is 84.0 Å². The van der Waals surface area contributed by atoms with Crippen molar-refractivity contribution in [3.8, 4) is 0 Å². The molecule has 2 N–H and O–H groups in total. The minimum atomic E-state index is 1.11. The van der Waals surface area contributed by atoms with Gasteiger partial charge in [0.15, 0.2) is 0 Å². The lowest BCUT2D eigenvalue weighted by Crippen LogP contribution is -1.93. The van der Waals surface area contributed by atoms with Gasteiger partial charge >= 0.3 is 0 Å². The second kappa shape index (κ2) is 27.7. The largest absolute Gasteiger partial charge is 0.356 e. The fourth-order valence-corrected chi connectivity index (χ4v) is 8.06. The van der Waals surface area contributed by atoms with Gasteiger partial charge in [-0.2, -0.15) is 23.5 Å². The van der Waals surface area contributed by atoms with E-state index in [1.54, 1.807) is 0 Å². The van der Waals surface area contributed by atoms with Crippen LogP contribution in [0.4, 0.5) is 22.7 Å². The van der Waals surface area contributed by atoms with Crippen molar-refractivity contribution < 1.29 is 0 Å². The molecule has 3 rings (SSSR count). The molecule has 0 aromatic heterocycles. The highest BCUT2D eigenvalue weighted by Gasteiger charge is 2.01. The van der Waals surface area contributed by atoms with Gasteiger partial charge in [-0.25, -0.2) is 0 Å². The second-order valence-electron chi connectivity index (χ2n) is 13.7. The van der Waals surface area contributed by atoms with E-state index in [-0.39, 0.29) is 0 Å². The van der Waals surface area contributed by atoms with Crippen LogP contribution < -0.4 is 10.6 Å². The van der Waals surface area contributed by atoms with Gasteiger partial charge in [0.25, 0.3) is 0 Å². The van der Waals surface area contributed by atoms with Crippen LogP contribution in [0.2, 0.25) is 0 Å². The van der Waals surface area contributed by atoms with Gasteiger partial charge in [0, 0.05) is 34.3 Å². The van der Waals surface area contributed by atoms with E-state index in [1.807, 2.05) is 0 Å². The van der Waals surface area contributed by atoms with E-state index in [0.29, 0.717) is 0 Å². The number of thioether (sulfide) groups is 2. The summed E-state index contributed by atoms with van der Waals surface area (Å²) >= 11 is 4.15. The number of rotatable bonds is 30. The minimum Gasteiger partial charge on any atom is -0.356 e. The molecule has 3 aromatic rings. The van der Waals surface area contributed by atoms with Crippen molar-refractivity contribution in [3.05, 3.63) is 83.9 Å². The van der Waals surface area contributed by atoms with Crippen LogP contribution in [0.15, 0.2) is 72.8 Å². The molecule has 0 amide bonds. The Kier molecular flexibility index (Phi) is 23.3. The molecule has 0 spiro atoms. The van der Waals surface area contributed by atoms with Crippen molar-refractivity contribution >= 4 is 46.3 Å². The molecular weight excluding hydrogens is 621 g/mol. The van der Waals surface area contributed by atoms with Crippen LogP contribution in [0, 0.1) is 0 Å². The third-order valence-electron chi connectivity index (χ3n) is 9.19. The van der Waals surface area contributed by atoms with Gasteiger partial charge in [-0.1, -0.05) is 154 Å². The molecule has 0 aliphatic heterocycles. The van der Waals surface area contributed by atoms with E-state index in [1.165, 1.54) is 151 Å². The van der Waals surface area contributed by atoms with Crippen LogP contribution in [-0.2, 0) is 11.5 Å². The third-order valence-corrected chi connectivity index (χ3v) is 11.4. The van der Waals surface area contributed by atoms with E-state index in [9.17, 15) is 0 Å². The fraction of sp³-hybridized carbons (Fsp3) is 0.591. The highest BCUT2D eigenvalue weighted by atomic mass is 32.2. The lowest BCUT2D eigenvalue weighted by atomic mass is 10.1. The van der Waals surface area contributed by atoms with E-state index in [0.717, 1.165) is 34.3 Å². The second-order valence-corrected chi connectivity index (χ2v) is 15.9. The molecule has 0 unspecified atom stereocenters. The molecule has 266 valence electrons. The Morgan fingerprint density at radius 1 is 0.333 bits per heavy atom. The maximum atomic E-state index is 3.56. The van der Waals surface area contributed by atoms with Crippen molar-refractivity contribution in [3.63, 3.8) is 0 Å². The highest BCUT2D eigenvalue weighted by Crippen LogP contribution is 2.24. The molecule has 4 heteroatoms. The van der Waals surface area contributed by atoms with Gasteiger partial charge in [-0.3, -0.25) is 0 Å². The van der Waals surface area contributed by atoms with Crippen LogP contribution in [0.5, 0.6) is 0 Å². The summed E-state index contributed by atoms with van der Waals surface area (Å²) in [5.74, 6) is 4.77. The van der Waals surface area contributed by atoms with Crippen molar-refractivity contribution in [1.29, 1.82) is 0 Å². The van der Waals surface area contributed by atoms with E-state index < -0.39 is 0 Å². The average Bonchev–Trinajstić information content (AvgIpc) is 3.11. The first-order chi connectivity index (χ1) is 23.8. The molecule has 0 saturated heterocycles. The number of nitrogens with one attached hydrogen (secondary N) is 2. The first kappa shape index (κ1) is 40.4. The molecule has 48 heavy (non-hydrogen) atoms. The molecule has 0 bridgehead atoms.